The van der Waals surface area contributed by atoms with Crippen molar-refractivity contribution in [1.82, 2.24) is 0 Å². The summed E-state index contributed by atoms with van der Waals surface area (Å²) in [5.41, 5.74) is 3.54. The van der Waals surface area contributed by atoms with Crippen LogP contribution in [0.15, 0.2) is 29.3 Å². The van der Waals surface area contributed by atoms with Gasteiger partial charge in [0.05, 0.1) is 0 Å². The Labute approximate surface area is 149 Å². The molecule has 0 heterocycles. The Bertz CT molecular complexity index is 609. The molecule has 2 rings (SSSR count). The Balaban J connectivity index is 2.50. The second-order valence-corrected chi connectivity index (χ2v) is 6.56. The van der Waals surface area contributed by atoms with Crippen LogP contribution >= 0.6 is 0 Å². The van der Waals surface area contributed by atoms with Crippen LogP contribution in [0.1, 0.15) is 45.1 Å². The third-order valence-corrected chi connectivity index (χ3v) is 4.85. The highest BCUT2D eigenvalue weighted by Gasteiger charge is 2.35. The predicted molar refractivity (Wildman–Crippen MR) is 96.0 cm³/mol. The number of hydrogen-bond acceptors (Lipinski definition) is 5. The Morgan fingerprint density at radius 2 is 1.52 bits per heavy atom. The highest BCUT2D eigenvalue weighted by Crippen LogP contribution is 2.47. The minimum absolute atomic E-state index is 0.0149. The number of Topliss-reactive ketones (excluding diaryl/α,β-unsaturated/α-hetero) is 1. The van der Waals surface area contributed by atoms with Crippen LogP contribution in [0.4, 0.5) is 0 Å². The molecule has 25 heavy (non-hydrogen) atoms. The minimum atomic E-state index is -0.0825. The van der Waals surface area contributed by atoms with Crippen molar-refractivity contribution in [1.29, 1.82) is 0 Å². The smallest absolute Gasteiger partial charge is 0.188 e. The maximum absolute atomic E-state index is 12.3. The summed E-state index contributed by atoms with van der Waals surface area (Å²) in [6.45, 7) is 6.20. The molecule has 0 fully saturated rings. The van der Waals surface area contributed by atoms with Gasteiger partial charge in [-0.05, 0) is 45.7 Å². The number of rotatable bonds is 8. The Hall–Kier alpha value is -1.85. The van der Waals surface area contributed by atoms with E-state index >= 15 is 0 Å². The fourth-order valence-electron chi connectivity index (χ4n) is 3.41. The van der Waals surface area contributed by atoms with E-state index in [1.165, 1.54) is 11.1 Å². The number of methoxy groups -OCH3 is 2. The summed E-state index contributed by atoms with van der Waals surface area (Å²) < 4.78 is 21.7. The highest BCUT2D eigenvalue weighted by atomic mass is 16.7. The lowest BCUT2D eigenvalue weighted by atomic mass is 9.71. The highest BCUT2D eigenvalue weighted by molar-refractivity contribution is 5.80. The maximum Gasteiger partial charge on any atom is 0.188 e. The van der Waals surface area contributed by atoms with Gasteiger partial charge in [-0.1, -0.05) is 17.2 Å². The van der Waals surface area contributed by atoms with E-state index in [0.29, 0.717) is 11.5 Å². The van der Waals surface area contributed by atoms with Crippen LogP contribution in [-0.2, 0) is 14.3 Å². The molecule has 1 aliphatic rings. The molecule has 0 bridgehead atoms. The summed E-state index contributed by atoms with van der Waals surface area (Å²) in [7, 11) is 3.17. The van der Waals surface area contributed by atoms with E-state index < -0.39 is 0 Å². The van der Waals surface area contributed by atoms with Gasteiger partial charge in [0.15, 0.2) is 13.6 Å². The van der Waals surface area contributed by atoms with Crippen LogP contribution in [0, 0.1) is 5.92 Å². The first-order valence-electron chi connectivity index (χ1n) is 8.51. The minimum Gasteiger partial charge on any atom is -0.467 e. The first-order valence-corrected chi connectivity index (χ1v) is 8.51. The van der Waals surface area contributed by atoms with Gasteiger partial charge in [0.2, 0.25) is 0 Å². The summed E-state index contributed by atoms with van der Waals surface area (Å²) in [5, 5.41) is 0. The normalized spacial score (nSPS) is 20.5. The summed E-state index contributed by atoms with van der Waals surface area (Å²) >= 11 is 0. The molecule has 0 radical (unpaired) electrons. The van der Waals surface area contributed by atoms with Crippen LogP contribution in [-0.4, -0.2) is 33.6 Å². The number of ether oxygens (including phenoxy) is 4. The number of hydrogen-bond donors (Lipinski definition) is 0. The van der Waals surface area contributed by atoms with Crippen molar-refractivity contribution in [3.63, 3.8) is 0 Å². The standard InChI is InChI=1S/C20H28O5/c1-13-9-16(15(3)21)17(10-14(13)2)20-18(24-11-22-4)7-6-8-19(20)25-12-23-5/h6-8,16-17H,9-12H2,1-5H3/t16-,17+/m0/s1. The molecule has 0 saturated carbocycles. The number of carbonyl (C=O) groups excluding carboxylic acids is 1. The Morgan fingerprint density at radius 1 is 1.00 bits per heavy atom. The van der Waals surface area contributed by atoms with Gasteiger partial charge in [0.25, 0.3) is 0 Å². The third-order valence-electron chi connectivity index (χ3n) is 4.85. The van der Waals surface area contributed by atoms with Gasteiger partial charge >= 0.3 is 0 Å². The van der Waals surface area contributed by atoms with Crippen molar-refractivity contribution in [2.24, 2.45) is 5.92 Å². The van der Waals surface area contributed by atoms with Gasteiger partial charge in [-0.2, -0.15) is 0 Å². The van der Waals surface area contributed by atoms with Crippen molar-refractivity contribution in [3.8, 4) is 11.5 Å². The van der Waals surface area contributed by atoms with Gasteiger partial charge in [-0.15, -0.1) is 0 Å². The van der Waals surface area contributed by atoms with Crippen LogP contribution in [0.2, 0.25) is 0 Å². The number of ketones is 1. The monoisotopic (exact) mass is 348 g/mol. The van der Waals surface area contributed by atoms with E-state index in [4.69, 9.17) is 18.9 Å². The summed E-state index contributed by atoms with van der Waals surface area (Å²) in [4.78, 5) is 12.3. The first kappa shape index (κ1) is 19.5. The van der Waals surface area contributed by atoms with Crippen molar-refractivity contribution >= 4 is 5.78 Å². The topological polar surface area (TPSA) is 54.0 Å². The molecule has 0 saturated heterocycles. The van der Waals surface area contributed by atoms with Gasteiger partial charge in [0.1, 0.15) is 17.3 Å². The molecule has 138 valence electrons. The second-order valence-electron chi connectivity index (χ2n) is 6.56. The fourth-order valence-corrected chi connectivity index (χ4v) is 3.41. The van der Waals surface area contributed by atoms with Crippen molar-refractivity contribution in [2.75, 3.05) is 27.8 Å². The van der Waals surface area contributed by atoms with Gasteiger partial charge in [-0.3, -0.25) is 4.79 Å². The largest absolute Gasteiger partial charge is 0.467 e. The van der Waals surface area contributed by atoms with Crippen molar-refractivity contribution in [2.45, 2.75) is 39.5 Å². The molecular weight excluding hydrogens is 320 g/mol. The molecule has 0 spiro atoms. The van der Waals surface area contributed by atoms with Crippen LogP contribution in [0.25, 0.3) is 0 Å². The van der Waals surface area contributed by atoms with Crippen molar-refractivity contribution < 1.29 is 23.7 Å². The molecule has 1 aromatic carbocycles. The second kappa shape index (κ2) is 9.02. The van der Waals surface area contributed by atoms with E-state index in [1.54, 1.807) is 21.1 Å². The molecular formula is C20H28O5. The molecule has 0 aliphatic heterocycles. The molecule has 0 unspecified atom stereocenters. The maximum atomic E-state index is 12.3. The quantitative estimate of drug-likeness (QED) is 0.523. The van der Waals surface area contributed by atoms with Crippen LogP contribution < -0.4 is 9.47 Å². The van der Waals surface area contributed by atoms with Gasteiger partial charge < -0.3 is 18.9 Å². The lowest BCUT2D eigenvalue weighted by molar-refractivity contribution is -0.121. The van der Waals surface area contributed by atoms with E-state index in [1.807, 2.05) is 18.2 Å². The summed E-state index contributed by atoms with van der Waals surface area (Å²) in [6.07, 6.45) is 1.58. The summed E-state index contributed by atoms with van der Waals surface area (Å²) in [5.74, 6) is 1.51. The molecule has 5 heteroatoms. The van der Waals surface area contributed by atoms with E-state index in [0.717, 1.165) is 18.4 Å². The predicted octanol–water partition coefficient (Wildman–Crippen LogP) is 4.07. The zero-order valence-electron chi connectivity index (χ0n) is 15.8. The van der Waals surface area contributed by atoms with Gasteiger partial charge in [-0.25, -0.2) is 0 Å². The fraction of sp³-hybridized carbons (Fsp3) is 0.550. The van der Waals surface area contributed by atoms with Crippen molar-refractivity contribution in [3.05, 3.63) is 34.9 Å². The molecule has 2 atom stereocenters. The zero-order valence-corrected chi connectivity index (χ0v) is 15.8. The summed E-state index contributed by atoms with van der Waals surface area (Å²) in [6, 6.07) is 5.66. The Kier molecular flexibility index (Phi) is 7.02. The lowest BCUT2D eigenvalue weighted by Gasteiger charge is -2.33. The molecule has 0 aromatic heterocycles. The first-order chi connectivity index (χ1) is 12.0. The lowest BCUT2D eigenvalue weighted by Crippen LogP contribution is -2.26. The molecule has 5 nitrogen and oxygen atoms in total. The SMILES string of the molecule is COCOc1cccc(OCOC)c1[C@@H]1CC(C)=C(C)C[C@H]1C(C)=O. The zero-order chi connectivity index (χ0) is 18.4. The van der Waals surface area contributed by atoms with Gasteiger partial charge in [0, 0.05) is 31.6 Å². The third kappa shape index (κ3) is 4.61. The number of carbonyl (C=O) groups is 1. The average molecular weight is 348 g/mol. The van der Waals surface area contributed by atoms with Crippen LogP contribution in [0.5, 0.6) is 11.5 Å². The molecule has 1 aromatic rings. The molecule has 0 amide bonds. The molecule has 1 aliphatic carbocycles. The average Bonchev–Trinajstić information content (AvgIpc) is 2.59. The van der Waals surface area contributed by atoms with E-state index in [-0.39, 0.29) is 31.2 Å². The number of allylic oxidation sites excluding steroid dienone is 2. The number of benzene rings is 1. The Morgan fingerprint density at radius 3 is 2.00 bits per heavy atom. The van der Waals surface area contributed by atoms with E-state index in [9.17, 15) is 4.79 Å². The van der Waals surface area contributed by atoms with Crippen LogP contribution in [0.3, 0.4) is 0 Å². The van der Waals surface area contributed by atoms with E-state index in [2.05, 4.69) is 13.8 Å². The molecule has 0 N–H and O–H groups in total.